The van der Waals surface area contributed by atoms with Crippen LogP contribution >= 0.6 is 0 Å². The van der Waals surface area contributed by atoms with Crippen LogP contribution in [0.2, 0.25) is 0 Å². The molecule has 0 aliphatic rings. The SMILES string of the molecule is CCCNC(=O)[C@@H](CC)N(Cc1cccc(C)c1)C(=O)CN(c1ccc(C)cc1)S(=O)(=O)c1ccc(C)cc1. The minimum absolute atomic E-state index is 0.0967. The Bertz CT molecular complexity index is 1370. The van der Waals surface area contributed by atoms with Gasteiger partial charge in [-0.25, -0.2) is 8.42 Å². The molecule has 0 heterocycles. The number of nitrogens with zero attached hydrogens (tertiary/aromatic N) is 2. The number of hydrogen-bond donors (Lipinski definition) is 1. The van der Waals surface area contributed by atoms with Crippen LogP contribution in [0, 0.1) is 20.8 Å². The lowest BCUT2D eigenvalue weighted by Gasteiger charge is -2.33. The number of amides is 2. The predicted molar refractivity (Wildman–Crippen MR) is 156 cm³/mol. The van der Waals surface area contributed by atoms with Gasteiger partial charge >= 0.3 is 0 Å². The maximum Gasteiger partial charge on any atom is 0.264 e. The fraction of sp³-hybridized carbons (Fsp3) is 0.355. The van der Waals surface area contributed by atoms with Crippen molar-refractivity contribution in [1.82, 2.24) is 10.2 Å². The van der Waals surface area contributed by atoms with Crippen LogP contribution in [0.1, 0.15) is 48.9 Å². The van der Waals surface area contributed by atoms with E-state index < -0.39 is 28.5 Å². The fourth-order valence-corrected chi connectivity index (χ4v) is 5.78. The Labute approximate surface area is 232 Å². The number of nitrogens with one attached hydrogen (secondary N) is 1. The number of aryl methyl sites for hydroxylation is 3. The van der Waals surface area contributed by atoms with Gasteiger partial charge in [-0.1, -0.05) is 79.1 Å². The molecule has 0 aliphatic heterocycles. The van der Waals surface area contributed by atoms with E-state index in [1.165, 1.54) is 4.90 Å². The Kier molecular flexibility index (Phi) is 10.3. The molecule has 2 amide bonds. The number of sulfonamides is 1. The minimum atomic E-state index is -4.07. The molecule has 0 aliphatic carbocycles. The zero-order valence-electron chi connectivity index (χ0n) is 23.5. The fourth-order valence-electron chi connectivity index (χ4n) is 4.37. The first kappa shape index (κ1) is 29.9. The Hall–Kier alpha value is -3.65. The topological polar surface area (TPSA) is 86.8 Å². The summed E-state index contributed by atoms with van der Waals surface area (Å²) in [6.07, 6.45) is 1.16. The second kappa shape index (κ2) is 13.4. The van der Waals surface area contributed by atoms with Crippen LogP contribution in [0.5, 0.6) is 0 Å². The summed E-state index contributed by atoms with van der Waals surface area (Å²) < 4.78 is 28.9. The van der Waals surface area contributed by atoms with Gasteiger partial charge in [0, 0.05) is 13.1 Å². The highest BCUT2D eigenvalue weighted by molar-refractivity contribution is 7.92. The summed E-state index contributed by atoms with van der Waals surface area (Å²) >= 11 is 0. The van der Waals surface area contributed by atoms with Gasteiger partial charge in [0.25, 0.3) is 10.0 Å². The number of benzene rings is 3. The molecule has 0 unspecified atom stereocenters. The molecule has 0 fully saturated rings. The second-order valence-electron chi connectivity index (χ2n) is 9.89. The zero-order chi connectivity index (χ0) is 28.6. The summed E-state index contributed by atoms with van der Waals surface area (Å²) in [5, 5.41) is 2.90. The predicted octanol–water partition coefficient (Wildman–Crippen LogP) is 5.14. The molecule has 0 aromatic heterocycles. The van der Waals surface area contributed by atoms with E-state index in [2.05, 4.69) is 5.32 Å². The van der Waals surface area contributed by atoms with E-state index in [1.807, 2.05) is 71.0 Å². The van der Waals surface area contributed by atoms with Crippen LogP contribution in [0.15, 0.2) is 77.7 Å². The molecule has 0 saturated heterocycles. The standard InChI is InChI=1S/C31H39N3O4S/c1-6-19-32-31(36)29(7-2)33(21-26-10-8-9-25(5)20-26)30(35)22-34(27-15-11-23(3)12-16-27)39(37,38)28-17-13-24(4)14-18-28/h8-18,20,29H,6-7,19,21-22H2,1-5H3,(H,32,36)/t29-/m1/s1. The van der Waals surface area contributed by atoms with Crippen molar-refractivity contribution >= 4 is 27.5 Å². The van der Waals surface area contributed by atoms with Crippen molar-refractivity contribution in [2.45, 2.75) is 64.9 Å². The van der Waals surface area contributed by atoms with Crippen molar-refractivity contribution in [3.8, 4) is 0 Å². The molecular weight excluding hydrogens is 510 g/mol. The number of carbonyl (C=O) groups excluding carboxylic acids is 2. The highest BCUT2D eigenvalue weighted by atomic mass is 32.2. The van der Waals surface area contributed by atoms with Crippen molar-refractivity contribution in [2.24, 2.45) is 0 Å². The van der Waals surface area contributed by atoms with Crippen molar-refractivity contribution in [2.75, 3.05) is 17.4 Å². The average Bonchev–Trinajstić information content (AvgIpc) is 2.91. The third kappa shape index (κ3) is 7.69. The Morgan fingerprint density at radius 3 is 2.03 bits per heavy atom. The average molecular weight is 550 g/mol. The van der Waals surface area contributed by atoms with Gasteiger partial charge < -0.3 is 10.2 Å². The zero-order valence-corrected chi connectivity index (χ0v) is 24.3. The molecule has 208 valence electrons. The van der Waals surface area contributed by atoms with Crippen LogP contribution < -0.4 is 9.62 Å². The molecule has 3 rings (SSSR count). The van der Waals surface area contributed by atoms with Gasteiger partial charge in [0.2, 0.25) is 11.8 Å². The Morgan fingerprint density at radius 1 is 0.846 bits per heavy atom. The van der Waals surface area contributed by atoms with E-state index in [-0.39, 0.29) is 17.3 Å². The summed E-state index contributed by atoms with van der Waals surface area (Å²) in [5.41, 5.74) is 4.19. The third-order valence-electron chi connectivity index (χ3n) is 6.58. The number of rotatable bonds is 12. The molecule has 7 nitrogen and oxygen atoms in total. The molecule has 1 N–H and O–H groups in total. The van der Waals surface area contributed by atoms with Gasteiger partial charge in [0.1, 0.15) is 12.6 Å². The smallest absolute Gasteiger partial charge is 0.264 e. The van der Waals surface area contributed by atoms with E-state index in [0.29, 0.717) is 18.7 Å². The van der Waals surface area contributed by atoms with Crippen molar-refractivity contribution < 1.29 is 18.0 Å². The first-order chi connectivity index (χ1) is 18.6. The van der Waals surface area contributed by atoms with Crippen molar-refractivity contribution in [1.29, 1.82) is 0 Å². The molecule has 3 aromatic carbocycles. The highest BCUT2D eigenvalue weighted by Crippen LogP contribution is 2.25. The van der Waals surface area contributed by atoms with Crippen LogP contribution in [0.25, 0.3) is 0 Å². The normalized spacial score (nSPS) is 12.0. The van der Waals surface area contributed by atoms with E-state index >= 15 is 0 Å². The molecule has 0 spiro atoms. The lowest BCUT2D eigenvalue weighted by molar-refractivity contribution is -0.140. The van der Waals surface area contributed by atoms with E-state index in [9.17, 15) is 18.0 Å². The summed E-state index contributed by atoms with van der Waals surface area (Å²) in [6, 6.07) is 20.6. The largest absolute Gasteiger partial charge is 0.354 e. The molecule has 3 aromatic rings. The summed E-state index contributed by atoms with van der Waals surface area (Å²) in [6.45, 7) is 9.83. The molecular formula is C31H39N3O4S. The highest BCUT2D eigenvalue weighted by Gasteiger charge is 2.33. The van der Waals surface area contributed by atoms with E-state index in [0.717, 1.165) is 33.0 Å². The van der Waals surface area contributed by atoms with Gasteiger partial charge in [-0.3, -0.25) is 13.9 Å². The number of carbonyl (C=O) groups is 2. The lowest BCUT2D eigenvalue weighted by atomic mass is 10.1. The van der Waals surface area contributed by atoms with Gasteiger partial charge in [-0.05, 0) is 63.4 Å². The maximum absolute atomic E-state index is 14.0. The summed E-state index contributed by atoms with van der Waals surface area (Å²) in [4.78, 5) is 28.8. The van der Waals surface area contributed by atoms with Gasteiger partial charge in [0.15, 0.2) is 0 Å². The first-order valence-corrected chi connectivity index (χ1v) is 14.8. The second-order valence-corrected chi connectivity index (χ2v) is 11.7. The van der Waals surface area contributed by atoms with Crippen LogP contribution in [-0.2, 0) is 26.2 Å². The van der Waals surface area contributed by atoms with Crippen molar-refractivity contribution in [3.05, 3.63) is 95.1 Å². The lowest BCUT2D eigenvalue weighted by Crippen LogP contribution is -2.52. The molecule has 0 bridgehead atoms. The Balaban J connectivity index is 2.04. The van der Waals surface area contributed by atoms with Crippen LogP contribution in [0.4, 0.5) is 5.69 Å². The number of anilines is 1. The minimum Gasteiger partial charge on any atom is -0.354 e. The number of hydrogen-bond acceptors (Lipinski definition) is 4. The van der Waals surface area contributed by atoms with E-state index in [1.54, 1.807) is 36.4 Å². The third-order valence-corrected chi connectivity index (χ3v) is 8.37. The van der Waals surface area contributed by atoms with Gasteiger partial charge in [-0.15, -0.1) is 0 Å². The van der Waals surface area contributed by atoms with Gasteiger partial charge in [0.05, 0.1) is 10.6 Å². The molecule has 8 heteroatoms. The molecule has 1 atom stereocenters. The molecule has 0 radical (unpaired) electrons. The van der Waals surface area contributed by atoms with Crippen LogP contribution in [-0.4, -0.2) is 44.3 Å². The Morgan fingerprint density at radius 2 is 1.46 bits per heavy atom. The quantitative estimate of drug-likeness (QED) is 0.339. The van der Waals surface area contributed by atoms with Crippen molar-refractivity contribution in [3.63, 3.8) is 0 Å². The van der Waals surface area contributed by atoms with Crippen LogP contribution in [0.3, 0.4) is 0 Å². The van der Waals surface area contributed by atoms with E-state index in [4.69, 9.17) is 0 Å². The molecule has 39 heavy (non-hydrogen) atoms. The maximum atomic E-state index is 14.0. The summed E-state index contributed by atoms with van der Waals surface area (Å²) in [5.74, 6) is -0.699. The molecule has 0 saturated carbocycles. The monoisotopic (exact) mass is 549 g/mol. The first-order valence-electron chi connectivity index (χ1n) is 13.4. The summed E-state index contributed by atoms with van der Waals surface area (Å²) in [7, 11) is -4.07. The van der Waals surface area contributed by atoms with Gasteiger partial charge in [-0.2, -0.15) is 0 Å².